The third-order valence-electron chi connectivity index (χ3n) is 1.67. The second-order valence-electron chi connectivity index (χ2n) is 2.67. The van der Waals surface area contributed by atoms with Gasteiger partial charge < -0.3 is 5.11 Å². The first kappa shape index (κ1) is 10.2. The number of nitriles is 1. The number of nitrogens with zero attached hydrogens (tertiary/aromatic N) is 1. The van der Waals surface area contributed by atoms with Crippen molar-refractivity contribution >= 4 is 15.9 Å². The van der Waals surface area contributed by atoms with Crippen LogP contribution in [-0.2, 0) is 0 Å². The van der Waals surface area contributed by atoms with Crippen molar-refractivity contribution < 1.29 is 9.50 Å². The van der Waals surface area contributed by atoms with Crippen molar-refractivity contribution in [2.24, 2.45) is 0 Å². The summed E-state index contributed by atoms with van der Waals surface area (Å²) in [4.78, 5) is 0. The summed E-state index contributed by atoms with van der Waals surface area (Å²) in [5, 5.41) is 17.5. The van der Waals surface area contributed by atoms with Crippen LogP contribution in [0, 0.1) is 24.1 Å². The average Bonchev–Trinajstić information content (AvgIpc) is 2.12. The van der Waals surface area contributed by atoms with Gasteiger partial charge in [0.25, 0.3) is 0 Å². The number of aliphatic hydroxyl groups is 1. The molecule has 13 heavy (non-hydrogen) atoms. The van der Waals surface area contributed by atoms with Crippen LogP contribution in [0.2, 0.25) is 0 Å². The number of aliphatic hydroxyl groups excluding tert-OH is 1. The monoisotopic (exact) mass is 243 g/mol. The minimum atomic E-state index is -1.26. The molecule has 0 aromatic heterocycles. The Balaban J connectivity index is 3.22. The minimum Gasteiger partial charge on any atom is -0.374 e. The number of halogens is 2. The van der Waals surface area contributed by atoms with Crippen LogP contribution in [0.25, 0.3) is 0 Å². The Bertz CT molecular complexity index is 349. The number of hydrogen-bond acceptors (Lipinski definition) is 2. The minimum absolute atomic E-state index is 0.278. The standard InChI is InChI=1S/C9H7BrFNO/c1-5-2-6(8(13)4-12)3-7(11)9(5)10/h2-3,8,13H,1H3. The van der Waals surface area contributed by atoms with Gasteiger partial charge in [-0.25, -0.2) is 4.39 Å². The van der Waals surface area contributed by atoms with Gasteiger partial charge in [-0.05, 0) is 40.0 Å². The van der Waals surface area contributed by atoms with Crippen molar-refractivity contribution in [3.8, 4) is 6.07 Å². The van der Waals surface area contributed by atoms with Gasteiger partial charge >= 0.3 is 0 Å². The molecule has 0 radical (unpaired) electrons. The zero-order chi connectivity index (χ0) is 10.0. The van der Waals surface area contributed by atoms with Gasteiger partial charge in [-0.2, -0.15) is 5.26 Å². The Hall–Kier alpha value is -0.920. The van der Waals surface area contributed by atoms with E-state index in [1.165, 1.54) is 0 Å². The van der Waals surface area contributed by atoms with Crippen LogP contribution < -0.4 is 0 Å². The molecule has 1 unspecified atom stereocenters. The van der Waals surface area contributed by atoms with E-state index in [9.17, 15) is 4.39 Å². The Morgan fingerprint density at radius 1 is 1.62 bits per heavy atom. The zero-order valence-corrected chi connectivity index (χ0v) is 8.47. The molecule has 0 bridgehead atoms. The van der Waals surface area contributed by atoms with Gasteiger partial charge in [-0.3, -0.25) is 0 Å². The molecule has 0 saturated heterocycles. The van der Waals surface area contributed by atoms with E-state index in [1.54, 1.807) is 19.1 Å². The SMILES string of the molecule is Cc1cc(C(O)C#N)cc(F)c1Br. The third kappa shape index (κ3) is 2.06. The molecule has 68 valence electrons. The van der Waals surface area contributed by atoms with E-state index in [4.69, 9.17) is 10.4 Å². The Morgan fingerprint density at radius 2 is 2.23 bits per heavy atom. The van der Waals surface area contributed by atoms with Crippen LogP contribution in [0.4, 0.5) is 4.39 Å². The second kappa shape index (κ2) is 3.86. The molecule has 0 spiro atoms. The average molecular weight is 244 g/mol. The lowest BCUT2D eigenvalue weighted by Crippen LogP contribution is -1.96. The summed E-state index contributed by atoms with van der Waals surface area (Å²) in [7, 11) is 0. The molecule has 0 aliphatic rings. The summed E-state index contributed by atoms with van der Waals surface area (Å²) in [5.41, 5.74) is 0.935. The number of rotatable bonds is 1. The summed E-state index contributed by atoms with van der Waals surface area (Å²) in [6.45, 7) is 1.70. The Kier molecular flexibility index (Phi) is 3.02. The number of aryl methyl sites for hydroxylation is 1. The van der Waals surface area contributed by atoms with Gasteiger partial charge in [0.2, 0.25) is 0 Å². The van der Waals surface area contributed by atoms with Crippen LogP contribution in [0.1, 0.15) is 17.2 Å². The summed E-state index contributed by atoms with van der Waals surface area (Å²) in [6.07, 6.45) is -1.26. The number of benzene rings is 1. The topological polar surface area (TPSA) is 44.0 Å². The van der Waals surface area contributed by atoms with Crippen LogP contribution in [0.15, 0.2) is 16.6 Å². The van der Waals surface area contributed by atoms with E-state index in [2.05, 4.69) is 15.9 Å². The number of hydrogen-bond donors (Lipinski definition) is 1. The van der Waals surface area contributed by atoms with Gasteiger partial charge in [-0.15, -0.1) is 0 Å². The van der Waals surface area contributed by atoms with Crippen LogP contribution in [0.5, 0.6) is 0 Å². The molecule has 1 N–H and O–H groups in total. The van der Waals surface area contributed by atoms with Crippen molar-refractivity contribution in [2.45, 2.75) is 13.0 Å². The van der Waals surface area contributed by atoms with E-state index >= 15 is 0 Å². The van der Waals surface area contributed by atoms with E-state index in [0.717, 1.165) is 6.07 Å². The molecule has 0 aliphatic carbocycles. The van der Waals surface area contributed by atoms with Crippen molar-refractivity contribution in [2.75, 3.05) is 0 Å². The molecule has 4 heteroatoms. The summed E-state index contributed by atoms with van der Waals surface area (Å²) in [6, 6.07) is 4.34. The summed E-state index contributed by atoms with van der Waals surface area (Å²) >= 11 is 3.04. The predicted molar refractivity (Wildman–Crippen MR) is 49.4 cm³/mol. The van der Waals surface area contributed by atoms with Gasteiger partial charge in [0, 0.05) is 0 Å². The zero-order valence-electron chi connectivity index (χ0n) is 6.88. The molecule has 1 aromatic carbocycles. The molecule has 0 saturated carbocycles. The van der Waals surface area contributed by atoms with Gasteiger partial charge in [0.15, 0.2) is 6.10 Å². The fraction of sp³-hybridized carbons (Fsp3) is 0.222. The molecular formula is C9H7BrFNO. The highest BCUT2D eigenvalue weighted by Crippen LogP contribution is 2.24. The Morgan fingerprint density at radius 3 is 2.69 bits per heavy atom. The molecule has 0 aliphatic heterocycles. The molecule has 1 atom stereocenters. The van der Waals surface area contributed by atoms with Crippen molar-refractivity contribution in [1.29, 1.82) is 5.26 Å². The smallest absolute Gasteiger partial charge is 0.166 e. The molecule has 1 rings (SSSR count). The lowest BCUT2D eigenvalue weighted by Gasteiger charge is -2.06. The van der Waals surface area contributed by atoms with Gasteiger partial charge in [0.05, 0.1) is 10.5 Å². The molecule has 0 heterocycles. The van der Waals surface area contributed by atoms with Crippen molar-refractivity contribution in [3.05, 3.63) is 33.5 Å². The van der Waals surface area contributed by atoms with E-state index < -0.39 is 11.9 Å². The van der Waals surface area contributed by atoms with Crippen molar-refractivity contribution in [3.63, 3.8) is 0 Å². The van der Waals surface area contributed by atoms with Crippen LogP contribution in [0.3, 0.4) is 0 Å². The predicted octanol–water partition coefficient (Wildman–Crippen LogP) is 2.45. The molecule has 1 aromatic rings. The van der Waals surface area contributed by atoms with Crippen LogP contribution >= 0.6 is 15.9 Å². The maximum absolute atomic E-state index is 13.1. The first-order valence-corrected chi connectivity index (χ1v) is 4.38. The van der Waals surface area contributed by atoms with Gasteiger partial charge in [0.1, 0.15) is 5.82 Å². The Labute approximate surface area is 83.7 Å². The van der Waals surface area contributed by atoms with E-state index in [0.29, 0.717) is 10.0 Å². The lowest BCUT2D eigenvalue weighted by atomic mass is 10.1. The van der Waals surface area contributed by atoms with Crippen LogP contribution in [-0.4, -0.2) is 5.11 Å². The van der Waals surface area contributed by atoms with E-state index in [-0.39, 0.29) is 5.56 Å². The summed E-state index contributed by atoms with van der Waals surface area (Å²) in [5.74, 6) is -0.468. The highest BCUT2D eigenvalue weighted by atomic mass is 79.9. The fourth-order valence-electron chi connectivity index (χ4n) is 0.985. The molecule has 0 amide bonds. The highest BCUT2D eigenvalue weighted by Gasteiger charge is 2.10. The quantitative estimate of drug-likeness (QED) is 0.771. The maximum Gasteiger partial charge on any atom is 0.166 e. The fourth-order valence-corrected chi connectivity index (χ4v) is 1.21. The second-order valence-corrected chi connectivity index (χ2v) is 3.46. The van der Waals surface area contributed by atoms with Gasteiger partial charge in [-0.1, -0.05) is 6.07 Å². The van der Waals surface area contributed by atoms with E-state index in [1.807, 2.05) is 0 Å². The maximum atomic E-state index is 13.1. The lowest BCUT2D eigenvalue weighted by molar-refractivity contribution is 0.235. The normalized spacial score (nSPS) is 12.2. The molecule has 2 nitrogen and oxygen atoms in total. The summed E-state index contributed by atoms with van der Waals surface area (Å²) < 4.78 is 13.4. The molecular weight excluding hydrogens is 237 g/mol. The first-order chi connectivity index (χ1) is 6.06. The van der Waals surface area contributed by atoms with Crippen molar-refractivity contribution in [1.82, 2.24) is 0 Å². The highest BCUT2D eigenvalue weighted by molar-refractivity contribution is 9.10. The largest absolute Gasteiger partial charge is 0.374 e. The first-order valence-electron chi connectivity index (χ1n) is 3.59. The molecule has 0 fully saturated rings. The third-order valence-corrected chi connectivity index (χ3v) is 2.67.